The molecule has 0 atom stereocenters. The summed E-state index contributed by atoms with van der Waals surface area (Å²) < 4.78 is 1.83. The lowest BCUT2D eigenvalue weighted by atomic mass is 9.96. The number of nitrogens with zero attached hydrogens (tertiary/aromatic N) is 5. The number of aromatic nitrogens is 4. The van der Waals surface area contributed by atoms with Gasteiger partial charge in [-0.25, -0.2) is 4.68 Å². The van der Waals surface area contributed by atoms with Crippen molar-refractivity contribution in [2.24, 2.45) is 0 Å². The highest BCUT2D eigenvalue weighted by atomic mass is 35.5. The van der Waals surface area contributed by atoms with Crippen LogP contribution in [0.4, 0.5) is 5.69 Å². The molecule has 150 valence electrons. The maximum Gasteiger partial charge on any atom is 0.244 e. The number of carbonyl (C=O) groups is 2. The quantitative estimate of drug-likeness (QED) is 0.689. The van der Waals surface area contributed by atoms with Gasteiger partial charge in [-0.15, -0.1) is 5.10 Å². The highest BCUT2D eigenvalue weighted by Gasteiger charge is 2.21. The summed E-state index contributed by atoms with van der Waals surface area (Å²) >= 11 is 7.33. The lowest BCUT2D eigenvalue weighted by molar-refractivity contribution is -0.131. The molecule has 0 radical (unpaired) electrons. The number of hydrogen-bond donors (Lipinski definition) is 1. The number of likely N-dealkylation sites (N-methyl/N-ethyl adjacent to an activating group) is 1. The van der Waals surface area contributed by atoms with Crippen LogP contribution in [0.5, 0.6) is 0 Å². The Morgan fingerprint density at radius 1 is 1.29 bits per heavy atom. The molecule has 0 bridgehead atoms. The van der Waals surface area contributed by atoms with Crippen LogP contribution in [-0.4, -0.2) is 56.3 Å². The first-order chi connectivity index (χ1) is 13.5. The highest BCUT2D eigenvalue weighted by Crippen LogP contribution is 2.30. The predicted octanol–water partition coefficient (Wildman–Crippen LogP) is 3.02. The molecule has 0 aliphatic heterocycles. The van der Waals surface area contributed by atoms with Crippen LogP contribution < -0.4 is 5.32 Å². The number of nitrogens with one attached hydrogen (secondary N) is 1. The lowest BCUT2D eigenvalue weighted by Crippen LogP contribution is -2.36. The van der Waals surface area contributed by atoms with E-state index in [0.717, 1.165) is 12.8 Å². The molecule has 0 saturated heterocycles. The molecular formula is C18H23ClN6O2S. The van der Waals surface area contributed by atoms with Gasteiger partial charge in [0.1, 0.15) is 0 Å². The van der Waals surface area contributed by atoms with Crippen molar-refractivity contribution in [3.63, 3.8) is 0 Å². The average molecular weight is 423 g/mol. The van der Waals surface area contributed by atoms with Crippen molar-refractivity contribution in [2.75, 3.05) is 24.7 Å². The summed E-state index contributed by atoms with van der Waals surface area (Å²) in [7, 11) is 1.60. The van der Waals surface area contributed by atoms with E-state index < -0.39 is 0 Å². The Bertz CT molecular complexity index is 824. The minimum absolute atomic E-state index is 0.0574. The molecular weight excluding hydrogens is 400 g/mol. The molecule has 1 saturated carbocycles. The molecule has 1 aromatic carbocycles. The lowest BCUT2D eigenvalue weighted by Gasteiger charge is -2.22. The van der Waals surface area contributed by atoms with Gasteiger partial charge < -0.3 is 10.2 Å². The number of amides is 2. The molecule has 2 amide bonds. The Hall–Kier alpha value is -2.13. The molecule has 1 heterocycles. The summed E-state index contributed by atoms with van der Waals surface area (Å²) in [6.07, 6.45) is 5.73. The third-order valence-corrected chi connectivity index (χ3v) is 5.91. The molecule has 1 aromatic heterocycles. The molecule has 0 unspecified atom stereocenters. The maximum absolute atomic E-state index is 12.4. The number of hydrogen-bond acceptors (Lipinski definition) is 6. The summed E-state index contributed by atoms with van der Waals surface area (Å²) in [5, 5.41) is 15.7. The second-order valence-corrected chi connectivity index (χ2v) is 8.11. The van der Waals surface area contributed by atoms with Gasteiger partial charge in [-0.05, 0) is 35.4 Å². The van der Waals surface area contributed by atoms with Crippen LogP contribution in [0.2, 0.25) is 5.02 Å². The van der Waals surface area contributed by atoms with Crippen molar-refractivity contribution in [3.8, 4) is 0 Å². The minimum Gasteiger partial charge on any atom is -0.336 e. The van der Waals surface area contributed by atoms with Crippen molar-refractivity contribution < 1.29 is 9.59 Å². The Morgan fingerprint density at radius 3 is 2.79 bits per heavy atom. The molecule has 10 heteroatoms. The predicted molar refractivity (Wildman–Crippen MR) is 108 cm³/mol. The van der Waals surface area contributed by atoms with E-state index in [2.05, 4.69) is 20.8 Å². The van der Waals surface area contributed by atoms with Gasteiger partial charge in [-0.1, -0.05) is 54.8 Å². The standard InChI is InChI=1S/C18H23ClN6O2S/c1-24(11-16(26)20-15-10-6-5-9-14(15)19)17(27)12-28-18-21-22-23-25(18)13-7-3-2-4-8-13/h5-6,9-10,13H,2-4,7-8,11-12H2,1H3,(H,20,26). The number of carbonyl (C=O) groups excluding carboxylic acids is 2. The zero-order chi connectivity index (χ0) is 19.9. The molecule has 28 heavy (non-hydrogen) atoms. The molecule has 8 nitrogen and oxygen atoms in total. The van der Waals surface area contributed by atoms with Gasteiger partial charge >= 0.3 is 0 Å². The first-order valence-corrected chi connectivity index (χ1v) is 10.6. The van der Waals surface area contributed by atoms with Crippen LogP contribution in [0.15, 0.2) is 29.4 Å². The molecule has 3 rings (SSSR count). The van der Waals surface area contributed by atoms with Crippen molar-refractivity contribution in [1.29, 1.82) is 0 Å². The SMILES string of the molecule is CN(CC(=O)Nc1ccccc1Cl)C(=O)CSc1nnnn1C1CCCCC1. The minimum atomic E-state index is -0.305. The van der Waals surface area contributed by atoms with E-state index in [1.807, 2.05) is 4.68 Å². The fraction of sp³-hybridized carbons (Fsp3) is 0.500. The highest BCUT2D eigenvalue weighted by molar-refractivity contribution is 7.99. The van der Waals surface area contributed by atoms with Gasteiger partial charge in [-0.2, -0.15) is 0 Å². The van der Waals surface area contributed by atoms with E-state index in [4.69, 9.17) is 11.6 Å². The van der Waals surface area contributed by atoms with E-state index in [1.54, 1.807) is 31.3 Å². The van der Waals surface area contributed by atoms with Crippen LogP contribution in [0.1, 0.15) is 38.1 Å². The van der Waals surface area contributed by atoms with Crippen molar-refractivity contribution in [1.82, 2.24) is 25.1 Å². The van der Waals surface area contributed by atoms with E-state index in [9.17, 15) is 9.59 Å². The van der Waals surface area contributed by atoms with Crippen molar-refractivity contribution in [3.05, 3.63) is 29.3 Å². The van der Waals surface area contributed by atoms with E-state index in [-0.39, 0.29) is 24.1 Å². The Morgan fingerprint density at radius 2 is 2.04 bits per heavy atom. The molecule has 0 spiro atoms. The van der Waals surface area contributed by atoms with Gasteiger partial charge in [0.05, 0.1) is 29.0 Å². The Kier molecular flexibility index (Phi) is 7.27. The van der Waals surface area contributed by atoms with Gasteiger partial charge in [0.2, 0.25) is 17.0 Å². The van der Waals surface area contributed by atoms with Crippen LogP contribution in [0, 0.1) is 0 Å². The third kappa shape index (κ3) is 5.45. The van der Waals surface area contributed by atoms with E-state index in [1.165, 1.54) is 35.9 Å². The monoisotopic (exact) mass is 422 g/mol. The summed E-state index contributed by atoms with van der Waals surface area (Å²) in [5.74, 6) is -0.304. The smallest absolute Gasteiger partial charge is 0.244 e. The van der Waals surface area contributed by atoms with Crippen LogP contribution in [0.25, 0.3) is 0 Å². The van der Waals surface area contributed by atoms with E-state index in [0.29, 0.717) is 21.9 Å². The summed E-state index contributed by atoms with van der Waals surface area (Å²) in [6, 6.07) is 7.28. The normalized spacial score (nSPS) is 14.6. The number of halogens is 1. The molecule has 2 aromatic rings. The summed E-state index contributed by atoms with van der Waals surface area (Å²) in [4.78, 5) is 26.0. The maximum atomic E-state index is 12.4. The fourth-order valence-electron chi connectivity index (χ4n) is 3.13. The number of para-hydroxylation sites is 1. The first-order valence-electron chi connectivity index (χ1n) is 9.23. The number of tetrazole rings is 1. The second-order valence-electron chi connectivity index (χ2n) is 6.76. The first kappa shape index (κ1) is 20.6. The second kappa shape index (κ2) is 9.88. The van der Waals surface area contributed by atoms with Crippen LogP contribution >= 0.6 is 23.4 Å². The Balaban J connectivity index is 1.49. The topological polar surface area (TPSA) is 93.0 Å². The fourth-order valence-corrected chi connectivity index (χ4v) is 4.20. The van der Waals surface area contributed by atoms with Gasteiger partial charge in [0.15, 0.2) is 0 Å². The number of benzene rings is 1. The van der Waals surface area contributed by atoms with Gasteiger partial charge in [-0.3, -0.25) is 9.59 Å². The van der Waals surface area contributed by atoms with Gasteiger partial charge in [0.25, 0.3) is 0 Å². The third-order valence-electron chi connectivity index (χ3n) is 4.66. The average Bonchev–Trinajstić information content (AvgIpc) is 3.17. The van der Waals surface area contributed by atoms with E-state index >= 15 is 0 Å². The zero-order valence-corrected chi connectivity index (χ0v) is 17.2. The number of thioether (sulfide) groups is 1. The molecule has 1 N–H and O–H groups in total. The Labute approximate surface area is 173 Å². The summed E-state index contributed by atoms with van der Waals surface area (Å²) in [6.45, 7) is -0.0574. The zero-order valence-electron chi connectivity index (χ0n) is 15.7. The summed E-state index contributed by atoms with van der Waals surface area (Å²) in [5.41, 5.74) is 0.524. The number of anilines is 1. The largest absolute Gasteiger partial charge is 0.336 e. The van der Waals surface area contributed by atoms with Crippen LogP contribution in [-0.2, 0) is 9.59 Å². The van der Waals surface area contributed by atoms with Gasteiger partial charge in [0, 0.05) is 7.05 Å². The van der Waals surface area contributed by atoms with Crippen molar-refractivity contribution >= 4 is 40.9 Å². The molecule has 1 aliphatic carbocycles. The number of rotatable bonds is 7. The van der Waals surface area contributed by atoms with Crippen LogP contribution in [0.3, 0.4) is 0 Å². The molecule has 1 aliphatic rings. The molecule has 1 fully saturated rings. The van der Waals surface area contributed by atoms with Crippen molar-refractivity contribution in [2.45, 2.75) is 43.3 Å².